The number of aryl methyl sites for hydroxylation is 1. The molecule has 94 valence electrons. The summed E-state index contributed by atoms with van der Waals surface area (Å²) in [5.74, 6) is 0.994. The first-order valence-electron chi connectivity index (χ1n) is 5.74. The van der Waals surface area contributed by atoms with Gasteiger partial charge in [-0.1, -0.05) is 11.6 Å². The van der Waals surface area contributed by atoms with Gasteiger partial charge in [-0.25, -0.2) is 0 Å². The van der Waals surface area contributed by atoms with Gasteiger partial charge in [0, 0.05) is 22.4 Å². The van der Waals surface area contributed by atoms with E-state index in [9.17, 15) is 0 Å². The summed E-state index contributed by atoms with van der Waals surface area (Å²) in [4.78, 5) is 3.96. The molecule has 0 bridgehead atoms. The van der Waals surface area contributed by atoms with Crippen molar-refractivity contribution in [2.24, 2.45) is 0 Å². The summed E-state index contributed by atoms with van der Waals surface area (Å²) in [6.45, 7) is 2.02. The Kier molecular flexibility index (Phi) is 3.13. The molecule has 1 aromatic carbocycles. The van der Waals surface area contributed by atoms with Crippen molar-refractivity contribution in [2.75, 3.05) is 0 Å². The molecule has 2 heterocycles. The first kappa shape index (κ1) is 12.0. The monoisotopic (exact) mass is 315 g/mol. The molecule has 0 aliphatic rings. The number of halogens is 1. The normalized spacial score (nSPS) is 10.6. The molecule has 0 fully saturated rings. The Hall–Kier alpha value is -2.01. The standard InChI is InChI=1S/C14H10BrN3O/c1-9-2-3-12(15)11(8-9)14-18-17-13(19-14)10-4-6-16-7-5-10/h2-8H,1H3. The molecule has 0 radical (unpaired) electrons. The summed E-state index contributed by atoms with van der Waals surface area (Å²) < 4.78 is 6.64. The van der Waals surface area contributed by atoms with E-state index in [1.807, 2.05) is 37.3 Å². The van der Waals surface area contributed by atoms with Crippen molar-refractivity contribution in [1.82, 2.24) is 15.2 Å². The summed E-state index contributed by atoms with van der Waals surface area (Å²) in [7, 11) is 0. The van der Waals surface area contributed by atoms with Crippen LogP contribution in [0.2, 0.25) is 0 Å². The average molecular weight is 316 g/mol. The Morgan fingerprint density at radius 1 is 1.00 bits per heavy atom. The predicted molar refractivity (Wildman–Crippen MR) is 75.4 cm³/mol. The minimum absolute atomic E-state index is 0.491. The van der Waals surface area contributed by atoms with Gasteiger partial charge >= 0.3 is 0 Å². The van der Waals surface area contributed by atoms with Gasteiger partial charge in [-0.3, -0.25) is 4.98 Å². The first-order valence-corrected chi connectivity index (χ1v) is 6.54. The van der Waals surface area contributed by atoms with Crippen molar-refractivity contribution in [1.29, 1.82) is 0 Å². The fraction of sp³-hybridized carbons (Fsp3) is 0.0714. The minimum atomic E-state index is 0.491. The highest BCUT2D eigenvalue weighted by Gasteiger charge is 2.12. The van der Waals surface area contributed by atoms with E-state index in [1.54, 1.807) is 12.4 Å². The summed E-state index contributed by atoms with van der Waals surface area (Å²) in [6.07, 6.45) is 3.39. The maximum atomic E-state index is 5.71. The lowest BCUT2D eigenvalue weighted by Gasteiger charge is -2.00. The second kappa shape index (κ2) is 4.93. The lowest BCUT2D eigenvalue weighted by atomic mass is 10.1. The number of aromatic nitrogens is 3. The van der Waals surface area contributed by atoms with Crippen molar-refractivity contribution in [3.05, 3.63) is 52.8 Å². The van der Waals surface area contributed by atoms with Crippen LogP contribution in [0.1, 0.15) is 5.56 Å². The van der Waals surface area contributed by atoms with Gasteiger partial charge in [-0.05, 0) is 47.1 Å². The first-order chi connectivity index (χ1) is 9.24. The molecule has 3 aromatic rings. The molecule has 0 spiro atoms. The molecule has 0 saturated heterocycles. The van der Waals surface area contributed by atoms with Crippen LogP contribution in [0.4, 0.5) is 0 Å². The lowest BCUT2D eigenvalue weighted by Crippen LogP contribution is -1.81. The van der Waals surface area contributed by atoms with Gasteiger partial charge in [0.1, 0.15) is 0 Å². The molecule has 0 aliphatic heterocycles. The molecular weight excluding hydrogens is 306 g/mol. The Morgan fingerprint density at radius 2 is 1.74 bits per heavy atom. The quantitative estimate of drug-likeness (QED) is 0.720. The molecule has 2 aromatic heterocycles. The number of benzene rings is 1. The van der Waals surface area contributed by atoms with Crippen LogP contribution in [0.25, 0.3) is 22.9 Å². The van der Waals surface area contributed by atoms with E-state index in [0.717, 1.165) is 21.2 Å². The Bertz CT molecular complexity index is 710. The molecule has 0 aliphatic carbocycles. The van der Waals surface area contributed by atoms with Gasteiger partial charge in [-0.15, -0.1) is 10.2 Å². The molecule has 0 unspecified atom stereocenters. The molecule has 0 saturated carbocycles. The topological polar surface area (TPSA) is 51.8 Å². The highest BCUT2D eigenvalue weighted by Crippen LogP contribution is 2.30. The van der Waals surface area contributed by atoms with E-state index < -0.39 is 0 Å². The molecule has 3 rings (SSSR count). The van der Waals surface area contributed by atoms with Gasteiger partial charge < -0.3 is 4.42 Å². The average Bonchev–Trinajstić information content (AvgIpc) is 2.92. The predicted octanol–water partition coefficient (Wildman–Crippen LogP) is 3.87. The van der Waals surface area contributed by atoms with Crippen LogP contribution in [0.5, 0.6) is 0 Å². The van der Waals surface area contributed by atoms with Crippen LogP contribution >= 0.6 is 15.9 Å². The van der Waals surface area contributed by atoms with Gasteiger partial charge in [0.15, 0.2) is 0 Å². The zero-order valence-electron chi connectivity index (χ0n) is 10.2. The van der Waals surface area contributed by atoms with E-state index in [0.29, 0.717) is 11.8 Å². The fourth-order valence-corrected chi connectivity index (χ4v) is 2.16. The van der Waals surface area contributed by atoms with Crippen molar-refractivity contribution >= 4 is 15.9 Å². The zero-order chi connectivity index (χ0) is 13.2. The Morgan fingerprint density at radius 3 is 2.53 bits per heavy atom. The van der Waals surface area contributed by atoms with Crippen LogP contribution in [-0.2, 0) is 0 Å². The third kappa shape index (κ3) is 2.42. The van der Waals surface area contributed by atoms with Crippen LogP contribution in [0.3, 0.4) is 0 Å². The Labute approximate surface area is 118 Å². The van der Waals surface area contributed by atoms with Crippen LogP contribution < -0.4 is 0 Å². The van der Waals surface area contributed by atoms with Crippen molar-refractivity contribution in [3.63, 3.8) is 0 Å². The number of pyridine rings is 1. The summed E-state index contributed by atoms with van der Waals surface area (Å²) >= 11 is 3.49. The highest BCUT2D eigenvalue weighted by molar-refractivity contribution is 9.10. The largest absolute Gasteiger partial charge is 0.416 e. The number of hydrogen-bond donors (Lipinski definition) is 0. The summed E-state index contributed by atoms with van der Waals surface area (Å²) in [6, 6.07) is 9.67. The van der Waals surface area contributed by atoms with E-state index in [-0.39, 0.29) is 0 Å². The van der Waals surface area contributed by atoms with E-state index in [1.165, 1.54) is 0 Å². The van der Waals surface area contributed by atoms with Crippen molar-refractivity contribution in [3.8, 4) is 22.9 Å². The van der Waals surface area contributed by atoms with Gasteiger partial charge in [0.25, 0.3) is 0 Å². The van der Waals surface area contributed by atoms with Crippen molar-refractivity contribution < 1.29 is 4.42 Å². The van der Waals surface area contributed by atoms with E-state index >= 15 is 0 Å². The third-order valence-electron chi connectivity index (χ3n) is 2.70. The van der Waals surface area contributed by atoms with E-state index in [2.05, 4.69) is 31.1 Å². The van der Waals surface area contributed by atoms with Crippen LogP contribution in [-0.4, -0.2) is 15.2 Å². The number of nitrogens with zero attached hydrogens (tertiary/aromatic N) is 3. The third-order valence-corrected chi connectivity index (χ3v) is 3.40. The fourth-order valence-electron chi connectivity index (χ4n) is 1.75. The Balaban J connectivity index is 2.04. The number of hydrogen-bond acceptors (Lipinski definition) is 4. The summed E-state index contributed by atoms with van der Waals surface area (Å²) in [5, 5.41) is 8.17. The highest BCUT2D eigenvalue weighted by atomic mass is 79.9. The molecule has 19 heavy (non-hydrogen) atoms. The van der Waals surface area contributed by atoms with Gasteiger partial charge in [0.2, 0.25) is 11.8 Å². The zero-order valence-corrected chi connectivity index (χ0v) is 11.8. The minimum Gasteiger partial charge on any atom is -0.416 e. The lowest BCUT2D eigenvalue weighted by molar-refractivity contribution is 0.584. The number of rotatable bonds is 2. The molecular formula is C14H10BrN3O. The van der Waals surface area contributed by atoms with Crippen LogP contribution in [0, 0.1) is 6.92 Å². The smallest absolute Gasteiger partial charge is 0.249 e. The molecule has 0 atom stereocenters. The van der Waals surface area contributed by atoms with Gasteiger partial charge in [-0.2, -0.15) is 0 Å². The molecule has 0 N–H and O–H groups in total. The van der Waals surface area contributed by atoms with Crippen LogP contribution in [0.15, 0.2) is 51.6 Å². The maximum Gasteiger partial charge on any atom is 0.249 e. The summed E-state index contributed by atoms with van der Waals surface area (Å²) in [5.41, 5.74) is 2.90. The SMILES string of the molecule is Cc1ccc(Br)c(-c2nnc(-c3ccncc3)o2)c1. The molecule has 0 amide bonds. The molecule has 4 nitrogen and oxygen atoms in total. The second-order valence-corrected chi connectivity index (χ2v) is 4.99. The van der Waals surface area contributed by atoms with Gasteiger partial charge in [0.05, 0.1) is 5.56 Å². The second-order valence-electron chi connectivity index (χ2n) is 4.13. The molecule has 5 heteroatoms. The van der Waals surface area contributed by atoms with E-state index in [4.69, 9.17) is 4.42 Å². The maximum absolute atomic E-state index is 5.71. The van der Waals surface area contributed by atoms with Crippen molar-refractivity contribution in [2.45, 2.75) is 6.92 Å².